The van der Waals surface area contributed by atoms with Crippen LogP contribution in [0.3, 0.4) is 0 Å². The van der Waals surface area contributed by atoms with Gasteiger partial charge in [-0.2, -0.15) is 5.10 Å². The van der Waals surface area contributed by atoms with E-state index in [0.717, 1.165) is 0 Å². The first-order chi connectivity index (χ1) is 12.1. The normalized spacial score (nSPS) is 16.9. The molecule has 2 aromatic carbocycles. The van der Waals surface area contributed by atoms with Gasteiger partial charge in [0.25, 0.3) is 0 Å². The summed E-state index contributed by atoms with van der Waals surface area (Å²) in [4.78, 5) is 11.5. The van der Waals surface area contributed by atoms with Crippen molar-refractivity contribution in [3.8, 4) is 16.9 Å². The van der Waals surface area contributed by atoms with E-state index in [1.807, 2.05) is 0 Å². The number of benzene rings is 2. The molecule has 1 saturated heterocycles. The van der Waals surface area contributed by atoms with Crippen LogP contribution < -0.4 is 5.32 Å². The van der Waals surface area contributed by atoms with E-state index in [2.05, 4.69) is 10.4 Å². The van der Waals surface area contributed by atoms with Crippen molar-refractivity contribution in [3.63, 3.8) is 0 Å². The highest BCUT2D eigenvalue weighted by molar-refractivity contribution is 5.79. The zero-order valence-corrected chi connectivity index (χ0v) is 12.9. The van der Waals surface area contributed by atoms with Gasteiger partial charge in [0.15, 0.2) is 6.23 Å². The molecule has 0 spiro atoms. The van der Waals surface area contributed by atoms with Crippen molar-refractivity contribution >= 4 is 5.91 Å². The van der Waals surface area contributed by atoms with Crippen LogP contribution in [0.25, 0.3) is 16.9 Å². The van der Waals surface area contributed by atoms with Gasteiger partial charge in [-0.1, -0.05) is 0 Å². The van der Waals surface area contributed by atoms with Crippen molar-refractivity contribution in [2.24, 2.45) is 0 Å². The minimum atomic E-state index is -0.637. The van der Waals surface area contributed by atoms with Crippen LogP contribution in [0.2, 0.25) is 0 Å². The van der Waals surface area contributed by atoms with Crippen molar-refractivity contribution in [2.75, 3.05) is 6.61 Å². The summed E-state index contributed by atoms with van der Waals surface area (Å²) in [7, 11) is 0. The number of carbonyl (C=O) groups is 1. The Hall–Kier alpha value is -3.06. The van der Waals surface area contributed by atoms with E-state index in [1.54, 1.807) is 35.1 Å². The second-order valence-electron chi connectivity index (χ2n) is 5.62. The highest BCUT2D eigenvalue weighted by Gasteiger charge is 2.28. The molecule has 3 aromatic rings. The minimum Gasteiger partial charge on any atom is -0.344 e. The summed E-state index contributed by atoms with van der Waals surface area (Å²) in [5, 5.41) is 7.24. The van der Waals surface area contributed by atoms with Crippen molar-refractivity contribution in [1.29, 1.82) is 0 Å². The molecule has 1 fully saturated rings. The summed E-state index contributed by atoms with van der Waals surface area (Å²) in [6.07, 6.45) is 1.07. The Morgan fingerprint density at radius 2 is 1.68 bits per heavy atom. The van der Waals surface area contributed by atoms with Crippen LogP contribution in [0.15, 0.2) is 54.7 Å². The molecular weight excluding hydrogens is 328 g/mol. The second-order valence-corrected chi connectivity index (χ2v) is 5.62. The summed E-state index contributed by atoms with van der Waals surface area (Å²) < 4.78 is 33.4. The standard InChI is InChI=1S/C18H13F2N3O2/c19-12-3-1-11(2-4-12)17-15(18-21-16(24)10-25-18)9-23(22-17)14-7-5-13(20)6-8-14/h1-9,18H,10H2,(H,21,24). The van der Waals surface area contributed by atoms with Gasteiger partial charge >= 0.3 is 0 Å². The summed E-state index contributed by atoms with van der Waals surface area (Å²) in [6.45, 7) is -0.0325. The summed E-state index contributed by atoms with van der Waals surface area (Å²) >= 11 is 0. The van der Waals surface area contributed by atoms with Gasteiger partial charge in [-0.05, 0) is 48.5 Å². The summed E-state index contributed by atoms with van der Waals surface area (Å²) in [5.74, 6) is -0.917. The van der Waals surface area contributed by atoms with Gasteiger partial charge in [0, 0.05) is 17.3 Å². The van der Waals surface area contributed by atoms with E-state index < -0.39 is 6.23 Å². The lowest BCUT2D eigenvalue weighted by atomic mass is 10.1. The quantitative estimate of drug-likeness (QED) is 0.797. The van der Waals surface area contributed by atoms with E-state index >= 15 is 0 Å². The summed E-state index contributed by atoms with van der Waals surface area (Å²) in [6, 6.07) is 11.7. The zero-order chi connectivity index (χ0) is 17.4. The Balaban J connectivity index is 1.81. The molecule has 5 nitrogen and oxygen atoms in total. The van der Waals surface area contributed by atoms with Gasteiger partial charge in [0.05, 0.1) is 5.69 Å². The molecule has 0 bridgehead atoms. The predicted molar refractivity (Wildman–Crippen MR) is 85.8 cm³/mol. The van der Waals surface area contributed by atoms with Crippen molar-refractivity contribution in [3.05, 3.63) is 71.9 Å². The Bertz CT molecular complexity index is 920. The van der Waals surface area contributed by atoms with Gasteiger partial charge in [0.2, 0.25) is 5.91 Å². The van der Waals surface area contributed by atoms with Gasteiger partial charge in [-0.15, -0.1) is 0 Å². The van der Waals surface area contributed by atoms with Crippen molar-refractivity contribution in [2.45, 2.75) is 6.23 Å². The van der Waals surface area contributed by atoms with Gasteiger partial charge in [-0.25, -0.2) is 13.5 Å². The van der Waals surface area contributed by atoms with Gasteiger partial charge in [0.1, 0.15) is 23.9 Å². The summed E-state index contributed by atoms with van der Waals surface area (Å²) in [5.41, 5.74) is 2.53. The number of ether oxygens (including phenoxy) is 1. The number of nitrogens with zero attached hydrogens (tertiary/aromatic N) is 2. The molecule has 1 aliphatic heterocycles. The molecule has 1 unspecified atom stereocenters. The van der Waals surface area contributed by atoms with Crippen LogP contribution in [0, 0.1) is 11.6 Å². The fraction of sp³-hybridized carbons (Fsp3) is 0.111. The number of aromatic nitrogens is 2. The molecule has 1 atom stereocenters. The lowest BCUT2D eigenvalue weighted by Crippen LogP contribution is -2.19. The number of halogens is 2. The third kappa shape index (κ3) is 3.01. The molecule has 0 aliphatic carbocycles. The molecule has 1 aromatic heterocycles. The Labute approximate surface area is 141 Å². The third-order valence-electron chi connectivity index (χ3n) is 3.91. The zero-order valence-electron chi connectivity index (χ0n) is 12.9. The number of carbonyl (C=O) groups excluding carboxylic acids is 1. The number of amides is 1. The molecule has 7 heteroatoms. The first kappa shape index (κ1) is 15.5. The molecule has 0 radical (unpaired) electrons. The monoisotopic (exact) mass is 341 g/mol. The second kappa shape index (κ2) is 6.10. The van der Waals surface area contributed by atoms with Crippen LogP contribution in [-0.2, 0) is 9.53 Å². The van der Waals surface area contributed by atoms with Crippen LogP contribution in [-0.4, -0.2) is 22.3 Å². The molecule has 1 amide bonds. The van der Waals surface area contributed by atoms with Crippen LogP contribution >= 0.6 is 0 Å². The first-order valence-corrected chi connectivity index (χ1v) is 7.62. The van der Waals surface area contributed by atoms with E-state index in [-0.39, 0.29) is 24.1 Å². The fourth-order valence-corrected chi connectivity index (χ4v) is 2.69. The van der Waals surface area contributed by atoms with E-state index in [0.29, 0.717) is 22.5 Å². The largest absolute Gasteiger partial charge is 0.344 e. The van der Waals surface area contributed by atoms with Crippen LogP contribution in [0.4, 0.5) is 8.78 Å². The topological polar surface area (TPSA) is 56.2 Å². The van der Waals surface area contributed by atoms with Crippen LogP contribution in [0.5, 0.6) is 0 Å². The Kier molecular flexibility index (Phi) is 3.77. The van der Waals surface area contributed by atoms with Crippen molar-refractivity contribution in [1.82, 2.24) is 15.1 Å². The van der Waals surface area contributed by atoms with Gasteiger partial charge in [-0.3, -0.25) is 4.79 Å². The maximum atomic E-state index is 13.2. The number of rotatable bonds is 3. The van der Waals surface area contributed by atoms with Gasteiger partial charge < -0.3 is 10.1 Å². The van der Waals surface area contributed by atoms with E-state index in [4.69, 9.17) is 4.74 Å². The molecule has 2 heterocycles. The number of hydrogen-bond acceptors (Lipinski definition) is 3. The molecule has 1 aliphatic rings. The molecule has 1 N–H and O–H groups in total. The molecule has 25 heavy (non-hydrogen) atoms. The van der Waals surface area contributed by atoms with Crippen LogP contribution in [0.1, 0.15) is 11.8 Å². The smallest absolute Gasteiger partial charge is 0.248 e. The third-order valence-corrected chi connectivity index (χ3v) is 3.91. The average Bonchev–Trinajstić information content (AvgIpc) is 3.23. The highest BCUT2D eigenvalue weighted by atomic mass is 19.1. The molecule has 4 rings (SSSR count). The number of hydrogen-bond donors (Lipinski definition) is 1. The fourth-order valence-electron chi connectivity index (χ4n) is 2.69. The van der Waals surface area contributed by atoms with E-state index in [9.17, 15) is 13.6 Å². The number of nitrogens with one attached hydrogen (secondary N) is 1. The van der Waals surface area contributed by atoms with Crippen molar-refractivity contribution < 1.29 is 18.3 Å². The lowest BCUT2D eigenvalue weighted by molar-refractivity contribution is -0.119. The molecule has 0 saturated carbocycles. The lowest BCUT2D eigenvalue weighted by Gasteiger charge is -2.09. The Morgan fingerprint density at radius 3 is 2.28 bits per heavy atom. The maximum Gasteiger partial charge on any atom is 0.248 e. The Morgan fingerprint density at radius 1 is 1.04 bits per heavy atom. The SMILES string of the molecule is O=C1COC(c2cn(-c3ccc(F)cc3)nc2-c2ccc(F)cc2)N1. The molecule has 126 valence electrons. The predicted octanol–water partition coefficient (Wildman–Crippen LogP) is 2.96. The molecular formula is C18H13F2N3O2. The van der Waals surface area contributed by atoms with E-state index in [1.165, 1.54) is 24.3 Å². The maximum absolute atomic E-state index is 13.2. The minimum absolute atomic E-state index is 0.0325. The average molecular weight is 341 g/mol. The highest BCUT2D eigenvalue weighted by Crippen LogP contribution is 2.30. The first-order valence-electron chi connectivity index (χ1n) is 7.62.